The highest BCUT2D eigenvalue weighted by Gasteiger charge is 2.04. The summed E-state index contributed by atoms with van der Waals surface area (Å²) >= 11 is 0. The smallest absolute Gasteiger partial charge is 0.190 e. The molecule has 2 aromatic rings. The van der Waals surface area contributed by atoms with Crippen LogP contribution in [0.2, 0.25) is 0 Å². The summed E-state index contributed by atoms with van der Waals surface area (Å²) in [6.07, 6.45) is 1.87. The minimum Gasteiger partial charge on any atom is -0.496 e. The third-order valence-electron chi connectivity index (χ3n) is 3.90. The van der Waals surface area contributed by atoms with Crippen molar-refractivity contribution in [2.24, 2.45) is 4.99 Å². The van der Waals surface area contributed by atoms with Crippen molar-refractivity contribution < 1.29 is 4.74 Å². The largest absolute Gasteiger partial charge is 0.496 e. The number of hydrogen-bond acceptors (Lipinski definition) is 2. The van der Waals surface area contributed by atoms with Crippen LogP contribution in [0.15, 0.2) is 53.5 Å². The normalized spacial score (nSPS) is 11.2. The average Bonchev–Trinajstić information content (AvgIpc) is 2.61. The number of guanidine groups is 1. The molecular formula is C20H27N3O. The second kappa shape index (κ2) is 9.60. The van der Waals surface area contributed by atoms with Crippen molar-refractivity contribution in [1.29, 1.82) is 0 Å². The lowest BCUT2D eigenvalue weighted by Crippen LogP contribution is -2.39. The molecule has 0 aliphatic rings. The number of rotatable bonds is 7. The molecule has 4 heteroatoms. The maximum Gasteiger partial charge on any atom is 0.190 e. The summed E-state index contributed by atoms with van der Waals surface area (Å²) < 4.78 is 5.42. The van der Waals surface area contributed by atoms with Crippen LogP contribution in [0.3, 0.4) is 0 Å². The van der Waals surface area contributed by atoms with Crippen LogP contribution in [0.1, 0.15) is 16.7 Å². The first-order chi connectivity index (χ1) is 11.7. The Kier molecular flexibility index (Phi) is 7.15. The van der Waals surface area contributed by atoms with E-state index in [0.717, 1.165) is 37.6 Å². The highest BCUT2D eigenvalue weighted by molar-refractivity contribution is 5.79. The predicted octanol–water partition coefficient (Wildman–Crippen LogP) is 2.95. The second-order valence-corrected chi connectivity index (χ2v) is 5.73. The third kappa shape index (κ3) is 5.61. The lowest BCUT2D eigenvalue weighted by atomic mass is 10.1. The van der Waals surface area contributed by atoms with E-state index in [-0.39, 0.29) is 0 Å². The molecule has 24 heavy (non-hydrogen) atoms. The summed E-state index contributed by atoms with van der Waals surface area (Å²) in [4.78, 5) is 4.27. The Hall–Kier alpha value is -2.49. The first kappa shape index (κ1) is 17.9. The molecule has 0 heterocycles. The second-order valence-electron chi connectivity index (χ2n) is 5.73. The third-order valence-corrected chi connectivity index (χ3v) is 3.90. The molecule has 4 nitrogen and oxygen atoms in total. The van der Waals surface area contributed by atoms with E-state index < -0.39 is 0 Å². The SMILES string of the molecule is CN=C(NCCc1ccccc1)NCCc1cc(C)ccc1OC. The van der Waals surface area contributed by atoms with E-state index in [2.05, 4.69) is 58.9 Å². The van der Waals surface area contributed by atoms with Gasteiger partial charge in [0.15, 0.2) is 5.96 Å². The minimum atomic E-state index is 0.810. The fourth-order valence-electron chi connectivity index (χ4n) is 2.61. The lowest BCUT2D eigenvalue weighted by Gasteiger charge is -2.13. The number of hydrogen-bond donors (Lipinski definition) is 2. The van der Waals surface area contributed by atoms with Crippen LogP contribution in [-0.2, 0) is 12.8 Å². The summed E-state index contributed by atoms with van der Waals surface area (Å²) in [5.74, 6) is 1.77. The molecule has 0 aliphatic carbocycles. The summed E-state index contributed by atoms with van der Waals surface area (Å²) in [6.45, 7) is 3.77. The number of methoxy groups -OCH3 is 1. The fourth-order valence-corrected chi connectivity index (χ4v) is 2.61. The maximum atomic E-state index is 5.42. The van der Waals surface area contributed by atoms with Crippen molar-refractivity contribution in [3.8, 4) is 5.75 Å². The number of aryl methyl sites for hydroxylation is 1. The quantitative estimate of drug-likeness (QED) is 0.608. The maximum absolute atomic E-state index is 5.42. The summed E-state index contributed by atoms with van der Waals surface area (Å²) in [5.41, 5.74) is 3.78. The lowest BCUT2D eigenvalue weighted by molar-refractivity contribution is 0.409. The van der Waals surface area contributed by atoms with E-state index in [1.807, 2.05) is 12.1 Å². The molecule has 128 valence electrons. The number of nitrogens with one attached hydrogen (secondary N) is 2. The first-order valence-corrected chi connectivity index (χ1v) is 8.35. The Morgan fingerprint density at radius 3 is 2.38 bits per heavy atom. The Morgan fingerprint density at radius 1 is 1.00 bits per heavy atom. The van der Waals surface area contributed by atoms with Gasteiger partial charge in [-0.1, -0.05) is 48.0 Å². The zero-order valence-electron chi connectivity index (χ0n) is 14.8. The van der Waals surface area contributed by atoms with E-state index in [9.17, 15) is 0 Å². The van der Waals surface area contributed by atoms with Gasteiger partial charge in [-0.2, -0.15) is 0 Å². The van der Waals surface area contributed by atoms with Gasteiger partial charge in [0.25, 0.3) is 0 Å². The van der Waals surface area contributed by atoms with E-state index in [1.165, 1.54) is 16.7 Å². The van der Waals surface area contributed by atoms with Gasteiger partial charge < -0.3 is 15.4 Å². The number of benzene rings is 2. The molecular weight excluding hydrogens is 298 g/mol. The van der Waals surface area contributed by atoms with Gasteiger partial charge in [-0.05, 0) is 37.0 Å². The highest BCUT2D eigenvalue weighted by atomic mass is 16.5. The van der Waals surface area contributed by atoms with Gasteiger partial charge in [0.2, 0.25) is 0 Å². The average molecular weight is 325 g/mol. The molecule has 0 unspecified atom stereocenters. The molecule has 0 atom stereocenters. The molecule has 0 radical (unpaired) electrons. The van der Waals surface area contributed by atoms with Crippen molar-refractivity contribution in [3.63, 3.8) is 0 Å². The molecule has 0 aromatic heterocycles. The number of nitrogens with zero attached hydrogens (tertiary/aromatic N) is 1. The van der Waals surface area contributed by atoms with Gasteiger partial charge in [-0.15, -0.1) is 0 Å². The van der Waals surface area contributed by atoms with Crippen molar-refractivity contribution in [1.82, 2.24) is 10.6 Å². The molecule has 0 saturated heterocycles. The standard InChI is InChI=1S/C20H27N3O/c1-16-9-10-19(24-3)18(15-16)12-14-23-20(21-2)22-13-11-17-7-5-4-6-8-17/h4-10,15H,11-14H2,1-3H3,(H2,21,22,23). The molecule has 2 N–H and O–H groups in total. The Labute approximate surface area is 145 Å². The Morgan fingerprint density at radius 2 is 1.71 bits per heavy atom. The first-order valence-electron chi connectivity index (χ1n) is 8.35. The zero-order chi connectivity index (χ0) is 17.2. The van der Waals surface area contributed by atoms with Crippen LogP contribution in [0.4, 0.5) is 0 Å². The van der Waals surface area contributed by atoms with Gasteiger partial charge >= 0.3 is 0 Å². The Balaban J connectivity index is 1.77. The minimum absolute atomic E-state index is 0.810. The van der Waals surface area contributed by atoms with Crippen molar-refractivity contribution in [2.75, 3.05) is 27.2 Å². The zero-order valence-corrected chi connectivity index (χ0v) is 14.8. The molecule has 0 aliphatic heterocycles. The van der Waals surface area contributed by atoms with E-state index in [1.54, 1.807) is 14.2 Å². The van der Waals surface area contributed by atoms with E-state index in [0.29, 0.717) is 0 Å². The molecule has 0 spiro atoms. The van der Waals surface area contributed by atoms with Crippen LogP contribution < -0.4 is 15.4 Å². The van der Waals surface area contributed by atoms with Crippen LogP contribution in [-0.4, -0.2) is 33.2 Å². The van der Waals surface area contributed by atoms with Gasteiger partial charge in [0.1, 0.15) is 5.75 Å². The summed E-state index contributed by atoms with van der Waals surface area (Å²) in [5, 5.41) is 6.71. The molecule has 0 fully saturated rings. The Bertz CT molecular complexity index is 653. The molecule has 0 saturated carbocycles. The fraction of sp³-hybridized carbons (Fsp3) is 0.350. The van der Waals surface area contributed by atoms with Gasteiger partial charge in [0.05, 0.1) is 7.11 Å². The molecule has 0 bridgehead atoms. The van der Waals surface area contributed by atoms with Gasteiger partial charge in [0, 0.05) is 20.1 Å². The van der Waals surface area contributed by atoms with Gasteiger partial charge in [-0.25, -0.2) is 0 Å². The van der Waals surface area contributed by atoms with Crippen LogP contribution in [0.25, 0.3) is 0 Å². The monoisotopic (exact) mass is 325 g/mol. The van der Waals surface area contributed by atoms with Crippen LogP contribution in [0.5, 0.6) is 5.75 Å². The highest BCUT2D eigenvalue weighted by Crippen LogP contribution is 2.19. The molecule has 0 amide bonds. The predicted molar refractivity (Wildman–Crippen MR) is 101 cm³/mol. The topological polar surface area (TPSA) is 45.7 Å². The summed E-state index contributed by atoms with van der Waals surface area (Å²) in [6, 6.07) is 16.7. The number of ether oxygens (including phenoxy) is 1. The molecule has 2 aromatic carbocycles. The molecule has 2 rings (SSSR count). The van der Waals surface area contributed by atoms with Crippen LogP contribution in [0, 0.1) is 6.92 Å². The van der Waals surface area contributed by atoms with E-state index >= 15 is 0 Å². The van der Waals surface area contributed by atoms with Gasteiger partial charge in [-0.3, -0.25) is 4.99 Å². The van der Waals surface area contributed by atoms with Crippen molar-refractivity contribution in [3.05, 3.63) is 65.2 Å². The van der Waals surface area contributed by atoms with Crippen LogP contribution >= 0.6 is 0 Å². The van der Waals surface area contributed by atoms with E-state index in [4.69, 9.17) is 4.74 Å². The number of aliphatic imine (C=N–C) groups is 1. The van der Waals surface area contributed by atoms with Crippen molar-refractivity contribution >= 4 is 5.96 Å². The van der Waals surface area contributed by atoms with Crippen molar-refractivity contribution in [2.45, 2.75) is 19.8 Å². The summed E-state index contributed by atoms with van der Waals surface area (Å²) in [7, 11) is 3.51.